The van der Waals surface area contributed by atoms with E-state index in [0.717, 1.165) is 18.5 Å². The van der Waals surface area contributed by atoms with Crippen LogP contribution >= 0.6 is 0 Å². The van der Waals surface area contributed by atoms with Gasteiger partial charge in [-0.2, -0.15) is 0 Å². The van der Waals surface area contributed by atoms with E-state index >= 15 is 0 Å². The van der Waals surface area contributed by atoms with Gasteiger partial charge in [-0.1, -0.05) is 81.4 Å². The lowest BCUT2D eigenvalue weighted by atomic mass is 9.80. The first-order valence-electron chi connectivity index (χ1n) is 8.92. The molecule has 0 heterocycles. The van der Waals surface area contributed by atoms with Crippen molar-refractivity contribution < 1.29 is 0 Å². The fourth-order valence-electron chi connectivity index (χ4n) is 3.27. The lowest BCUT2D eigenvalue weighted by Gasteiger charge is -2.24. The summed E-state index contributed by atoms with van der Waals surface area (Å²) >= 11 is 0. The minimum absolute atomic E-state index is 0.121. The number of hydrogen-bond acceptors (Lipinski definition) is 1. The van der Waals surface area contributed by atoms with E-state index in [1.807, 2.05) is 12.1 Å². The third-order valence-corrected chi connectivity index (χ3v) is 4.61. The van der Waals surface area contributed by atoms with E-state index in [9.17, 15) is 0 Å². The van der Waals surface area contributed by atoms with Gasteiger partial charge in [-0.25, -0.2) is 0 Å². The molecule has 3 aromatic carbocycles. The molecule has 0 radical (unpaired) electrons. The Labute approximate surface area is 151 Å². The van der Waals surface area contributed by atoms with Crippen LogP contribution in [0.4, 0.5) is 5.69 Å². The highest BCUT2D eigenvalue weighted by molar-refractivity contribution is 5.44. The predicted octanol–water partition coefficient (Wildman–Crippen LogP) is 5.75. The first kappa shape index (κ1) is 17.3. The monoisotopic (exact) mass is 329 g/mol. The number of benzene rings is 3. The first-order chi connectivity index (χ1) is 11.9. The molecule has 0 amide bonds. The summed E-state index contributed by atoms with van der Waals surface area (Å²) in [5.74, 6) is 0. The lowest BCUT2D eigenvalue weighted by Crippen LogP contribution is -2.15. The normalized spacial score (nSPS) is 11.5. The summed E-state index contributed by atoms with van der Waals surface area (Å²) in [6.45, 7) is 6.88. The van der Waals surface area contributed by atoms with Gasteiger partial charge in [-0.3, -0.25) is 0 Å². The van der Waals surface area contributed by atoms with Gasteiger partial charge in [0, 0.05) is 5.69 Å². The van der Waals surface area contributed by atoms with Crippen LogP contribution in [-0.4, -0.2) is 0 Å². The van der Waals surface area contributed by atoms with Gasteiger partial charge in [0.25, 0.3) is 0 Å². The molecule has 0 saturated heterocycles. The molecule has 0 spiro atoms. The van der Waals surface area contributed by atoms with Gasteiger partial charge < -0.3 is 5.73 Å². The van der Waals surface area contributed by atoms with Crippen LogP contribution in [0.3, 0.4) is 0 Å². The van der Waals surface area contributed by atoms with E-state index < -0.39 is 0 Å². The highest BCUT2D eigenvalue weighted by atomic mass is 14.5. The predicted molar refractivity (Wildman–Crippen MR) is 108 cm³/mol. The maximum absolute atomic E-state index is 5.81. The van der Waals surface area contributed by atoms with Crippen molar-refractivity contribution in [3.63, 3.8) is 0 Å². The molecule has 128 valence electrons. The molecule has 0 unspecified atom stereocenters. The zero-order valence-electron chi connectivity index (χ0n) is 15.4. The SMILES string of the molecule is CC(C)(C)c1cc(Cc2ccccc2)ccc1Cc1ccc(N)cc1. The summed E-state index contributed by atoms with van der Waals surface area (Å²) < 4.78 is 0. The van der Waals surface area contributed by atoms with E-state index in [1.165, 1.54) is 27.8 Å². The molecule has 3 rings (SSSR count). The Kier molecular flexibility index (Phi) is 4.94. The number of rotatable bonds is 4. The summed E-state index contributed by atoms with van der Waals surface area (Å²) in [7, 11) is 0. The minimum atomic E-state index is 0.121. The largest absolute Gasteiger partial charge is 0.399 e. The highest BCUT2D eigenvalue weighted by Crippen LogP contribution is 2.29. The summed E-state index contributed by atoms with van der Waals surface area (Å²) in [6.07, 6.45) is 1.92. The molecule has 1 nitrogen and oxygen atoms in total. The van der Waals surface area contributed by atoms with E-state index in [1.54, 1.807) is 0 Å². The summed E-state index contributed by atoms with van der Waals surface area (Å²) in [6, 6.07) is 25.8. The Hall–Kier alpha value is -2.54. The quantitative estimate of drug-likeness (QED) is 0.606. The molecule has 0 atom stereocenters. The van der Waals surface area contributed by atoms with Crippen molar-refractivity contribution in [1.82, 2.24) is 0 Å². The van der Waals surface area contributed by atoms with E-state index in [4.69, 9.17) is 5.73 Å². The van der Waals surface area contributed by atoms with Gasteiger partial charge in [0.15, 0.2) is 0 Å². The van der Waals surface area contributed by atoms with Crippen molar-refractivity contribution in [1.29, 1.82) is 0 Å². The second kappa shape index (κ2) is 7.14. The van der Waals surface area contributed by atoms with Gasteiger partial charge in [0.2, 0.25) is 0 Å². The molecule has 0 aliphatic rings. The van der Waals surface area contributed by atoms with Gasteiger partial charge in [-0.05, 0) is 58.2 Å². The molecule has 2 N–H and O–H groups in total. The topological polar surface area (TPSA) is 26.0 Å². The molecular formula is C24H27N. The Morgan fingerprint density at radius 2 is 1.28 bits per heavy atom. The van der Waals surface area contributed by atoms with Gasteiger partial charge in [0.05, 0.1) is 0 Å². The highest BCUT2D eigenvalue weighted by Gasteiger charge is 2.18. The molecule has 25 heavy (non-hydrogen) atoms. The maximum atomic E-state index is 5.81. The Balaban J connectivity index is 1.91. The second-order valence-corrected chi connectivity index (χ2v) is 7.82. The summed E-state index contributed by atoms with van der Waals surface area (Å²) in [4.78, 5) is 0. The van der Waals surface area contributed by atoms with Crippen LogP contribution in [0.1, 0.15) is 48.6 Å². The average Bonchev–Trinajstić information content (AvgIpc) is 2.58. The Bertz CT molecular complexity index is 824. The summed E-state index contributed by atoms with van der Waals surface area (Å²) in [5, 5.41) is 0. The number of nitrogen functional groups attached to an aromatic ring is 1. The fraction of sp³-hybridized carbons (Fsp3) is 0.250. The number of anilines is 1. The van der Waals surface area contributed by atoms with Crippen LogP contribution in [-0.2, 0) is 18.3 Å². The molecule has 3 aromatic rings. The van der Waals surface area contributed by atoms with Crippen LogP contribution in [0.15, 0.2) is 72.8 Å². The molecule has 0 bridgehead atoms. The first-order valence-corrected chi connectivity index (χ1v) is 8.92. The molecule has 0 aliphatic carbocycles. The zero-order chi connectivity index (χ0) is 17.9. The van der Waals surface area contributed by atoms with E-state index in [0.29, 0.717) is 0 Å². The van der Waals surface area contributed by atoms with Crippen LogP contribution in [0.25, 0.3) is 0 Å². The van der Waals surface area contributed by atoms with Crippen molar-refractivity contribution in [3.8, 4) is 0 Å². The minimum Gasteiger partial charge on any atom is -0.399 e. The average molecular weight is 329 g/mol. The number of hydrogen-bond donors (Lipinski definition) is 1. The third kappa shape index (κ3) is 4.51. The van der Waals surface area contributed by atoms with Crippen LogP contribution in [0.2, 0.25) is 0 Å². The van der Waals surface area contributed by atoms with Crippen molar-refractivity contribution in [2.24, 2.45) is 0 Å². The number of nitrogens with two attached hydrogens (primary N) is 1. The third-order valence-electron chi connectivity index (χ3n) is 4.61. The van der Waals surface area contributed by atoms with Crippen LogP contribution in [0.5, 0.6) is 0 Å². The molecule has 1 heteroatoms. The summed E-state index contributed by atoms with van der Waals surface area (Å²) in [5.41, 5.74) is 13.6. The maximum Gasteiger partial charge on any atom is 0.0314 e. The molecule has 0 saturated carbocycles. The molecule has 0 aromatic heterocycles. The molecule has 0 aliphatic heterocycles. The van der Waals surface area contributed by atoms with Gasteiger partial charge in [0.1, 0.15) is 0 Å². The van der Waals surface area contributed by atoms with Gasteiger partial charge in [-0.15, -0.1) is 0 Å². The standard InChI is InChI=1S/C24H27N/c1-24(2,3)23-17-20(15-18-7-5-4-6-8-18)9-12-21(23)16-19-10-13-22(25)14-11-19/h4-14,17H,15-16,25H2,1-3H3. The second-order valence-electron chi connectivity index (χ2n) is 7.82. The van der Waals surface area contributed by atoms with Crippen molar-refractivity contribution in [2.45, 2.75) is 39.0 Å². The van der Waals surface area contributed by atoms with Crippen molar-refractivity contribution in [2.75, 3.05) is 5.73 Å². The molecular weight excluding hydrogens is 302 g/mol. The molecule has 0 fully saturated rings. The Morgan fingerprint density at radius 1 is 0.680 bits per heavy atom. The van der Waals surface area contributed by atoms with Crippen molar-refractivity contribution >= 4 is 5.69 Å². The van der Waals surface area contributed by atoms with E-state index in [-0.39, 0.29) is 5.41 Å². The fourth-order valence-corrected chi connectivity index (χ4v) is 3.27. The van der Waals surface area contributed by atoms with E-state index in [2.05, 4.69) is 81.4 Å². The van der Waals surface area contributed by atoms with Crippen molar-refractivity contribution in [3.05, 3.63) is 101 Å². The smallest absolute Gasteiger partial charge is 0.0314 e. The van der Waals surface area contributed by atoms with Crippen LogP contribution in [0, 0.1) is 0 Å². The van der Waals surface area contributed by atoms with Gasteiger partial charge >= 0.3 is 0 Å². The lowest BCUT2D eigenvalue weighted by molar-refractivity contribution is 0.583. The zero-order valence-corrected chi connectivity index (χ0v) is 15.4. The van der Waals surface area contributed by atoms with Crippen LogP contribution < -0.4 is 5.73 Å². The Morgan fingerprint density at radius 3 is 1.92 bits per heavy atom.